The Morgan fingerprint density at radius 1 is 1.67 bits per heavy atom. The highest BCUT2D eigenvalue weighted by molar-refractivity contribution is 5.80. The van der Waals surface area contributed by atoms with E-state index in [4.69, 9.17) is 4.74 Å². The highest BCUT2D eigenvalue weighted by Crippen LogP contribution is 2.28. The molecule has 1 N–H and O–H groups in total. The summed E-state index contributed by atoms with van der Waals surface area (Å²) in [4.78, 5) is 15.5. The average Bonchev–Trinajstić information content (AvgIpc) is 3.10. The van der Waals surface area contributed by atoms with Gasteiger partial charge in [0.15, 0.2) is 0 Å². The second-order valence-corrected chi connectivity index (χ2v) is 3.66. The summed E-state index contributed by atoms with van der Waals surface area (Å²) in [7, 11) is 1.58. The number of amides is 1. The van der Waals surface area contributed by atoms with Gasteiger partial charge in [0, 0.05) is 24.2 Å². The Balaban J connectivity index is 1.94. The van der Waals surface area contributed by atoms with Crippen LogP contribution in [-0.4, -0.2) is 18.0 Å². The van der Waals surface area contributed by atoms with Gasteiger partial charge in [0.1, 0.15) is 0 Å². The van der Waals surface area contributed by atoms with Crippen molar-refractivity contribution in [2.24, 2.45) is 5.92 Å². The number of ether oxygens (including phenoxy) is 1. The maximum absolute atomic E-state index is 11.4. The number of methoxy groups -OCH3 is 1. The van der Waals surface area contributed by atoms with Crippen molar-refractivity contribution in [3.05, 3.63) is 23.9 Å². The molecule has 1 aliphatic rings. The van der Waals surface area contributed by atoms with E-state index in [1.807, 2.05) is 12.1 Å². The predicted octanol–water partition coefficient (Wildman–Crippen LogP) is 1.12. The molecule has 1 aromatic heterocycles. The zero-order valence-electron chi connectivity index (χ0n) is 8.69. The van der Waals surface area contributed by atoms with Gasteiger partial charge in [-0.1, -0.05) is 6.07 Å². The molecular formula is C11H14N2O2. The Bertz CT molecular complexity index is 361. The highest BCUT2D eigenvalue weighted by Gasteiger charge is 2.29. The quantitative estimate of drug-likeness (QED) is 0.803. The zero-order chi connectivity index (χ0) is 10.7. The van der Waals surface area contributed by atoms with Crippen LogP contribution in [0.5, 0.6) is 5.88 Å². The van der Waals surface area contributed by atoms with E-state index >= 15 is 0 Å². The SMILES string of the molecule is COc1ncccc1CNC(=O)C1CC1. The molecule has 0 radical (unpaired) electrons. The van der Waals surface area contributed by atoms with Crippen LogP contribution in [0.15, 0.2) is 18.3 Å². The summed E-state index contributed by atoms with van der Waals surface area (Å²) >= 11 is 0. The Morgan fingerprint density at radius 3 is 3.13 bits per heavy atom. The second-order valence-electron chi connectivity index (χ2n) is 3.66. The summed E-state index contributed by atoms with van der Waals surface area (Å²) in [6.07, 6.45) is 3.72. The molecule has 2 rings (SSSR count). The van der Waals surface area contributed by atoms with Crippen LogP contribution in [0.1, 0.15) is 18.4 Å². The van der Waals surface area contributed by atoms with Crippen molar-refractivity contribution in [2.75, 3.05) is 7.11 Å². The van der Waals surface area contributed by atoms with Crippen LogP contribution < -0.4 is 10.1 Å². The van der Waals surface area contributed by atoms with Gasteiger partial charge in [-0.15, -0.1) is 0 Å². The summed E-state index contributed by atoms with van der Waals surface area (Å²) in [5.41, 5.74) is 0.911. The molecule has 1 fully saturated rings. The van der Waals surface area contributed by atoms with Gasteiger partial charge in [-0.3, -0.25) is 4.79 Å². The largest absolute Gasteiger partial charge is 0.481 e. The van der Waals surface area contributed by atoms with Crippen LogP contribution in [0.4, 0.5) is 0 Å². The average molecular weight is 206 g/mol. The lowest BCUT2D eigenvalue weighted by Gasteiger charge is -2.07. The molecule has 1 aliphatic carbocycles. The molecule has 1 amide bonds. The molecule has 0 aromatic carbocycles. The Morgan fingerprint density at radius 2 is 2.47 bits per heavy atom. The molecular weight excluding hydrogens is 192 g/mol. The molecule has 0 aliphatic heterocycles. The maximum atomic E-state index is 11.4. The Kier molecular flexibility index (Phi) is 2.85. The summed E-state index contributed by atoms with van der Waals surface area (Å²) in [5, 5.41) is 2.88. The normalized spacial score (nSPS) is 14.7. The number of hydrogen-bond donors (Lipinski definition) is 1. The number of nitrogens with one attached hydrogen (secondary N) is 1. The number of hydrogen-bond acceptors (Lipinski definition) is 3. The van der Waals surface area contributed by atoms with E-state index in [2.05, 4.69) is 10.3 Å². The summed E-state index contributed by atoms with van der Waals surface area (Å²) in [5.74, 6) is 0.960. The lowest BCUT2D eigenvalue weighted by Crippen LogP contribution is -2.24. The summed E-state index contributed by atoms with van der Waals surface area (Å²) in [6, 6.07) is 3.74. The molecule has 80 valence electrons. The smallest absolute Gasteiger partial charge is 0.223 e. The van der Waals surface area contributed by atoms with E-state index in [9.17, 15) is 4.79 Å². The third-order valence-electron chi connectivity index (χ3n) is 2.44. The minimum absolute atomic E-state index is 0.140. The first-order valence-corrected chi connectivity index (χ1v) is 5.07. The molecule has 1 aromatic rings. The molecule has 15 heavy (non-hydrogen) atoms. The molecule has 1 saturated carbocycles. The van der Waals surface area contributed by atoms with Gasteiger partial charge in [0.2, 0.25) is 11.8 Å². The summed E-state index contributed by atoms with van der Waals surface area (Å²) < 4.78 is 5.09. The number of pyridine rings is 1. The fourth-order valence-electron chi connectivity index (χ4n) is 1.41. The van der Waals surface area contributed by atoms with Crippen LogP contribution >= 0.6 is 0 Å². The van der Waals surface area contributed by atoms with Gasteiger partial charge in [-0.25, -0.2) is 4.98 Å². The van der Waals surface area contributed by atoms with Gasteiger partial charge in [0.25, 0.3) is 0 Å². The van der Waals surface area contributed by atoms with Crippen molar-refractivity contribution in [3.8, 4) is 5.88 Å². The van der Waals surface area contributed by atoms with Crippen molar-refractivity contribution in [2.45, 2.75) is 19.4 Å². The minimum Gasteiger partial charge on any atom is -0.481 e. The van der Waals surface area contributed by atoms with E-state index in [-0.39, 0.29) is 11.8 Å². The van der Waals surface area contributed by atoms with Crippen LogP contribution in [0.3, 0.4) is 0 Å². The van der Waals surface area contributed by atoms with Gasteiger partial charge in [-0.05, 0) is 18.9 Å². The van der Waals surface area contributed by atoms with Gasteiger partial charge < -0.3 is 10.1 Å². The van der Waals surface area contributed by atoms with Crippen molar-refractivity contribution in [3.63, 3.8) is 0 Å². The van der Waals surface area contributed by atoms with E-state index in [1.165, 1.54) is 0 Å². The standard InChI is InChI=1S/C11H14N2O2/c1-15-11-9(3-2-6-12-11)7-13-10(14)8-4-5-8/h2-3,6,8H,4-5,7H2,1H3,(H,13,14). The van der Waals surface area contributed by atoms with E-state index in [1.54, 1.807) is 13.3 Å². The molecule has 4 nitrogen and oxygen atoms in total. The highest BCUT2D eigenvalue weighted by atomic mass is 16.5. The van der Waals surface area contributed by atoms with Crippen molar-refractivity contribution in [1.82, 2.24) is 10.3 Å². The molecule has 4 heteroatoms. The van der Waals surface area contributed by atoms with Crippen LogP contribution in [0.25, 0.3) is 0 Å². The fraction of sp³-hybridized carbons (Fsp3) is 0.455. The second kappa shape index (κ2) is 4.29. The molecule has 0 unspecified atom stereocenters. The monoisotopic (exact) mass is 206 g/mol. The van der Waals surface area contributed by atoms with Gasteiger partial charge in [0.05, 0.1) is 7.11 Å². The predicted molar refractivity (Wildman–Crippen MR) is 55.4 cm³/mol. The minimum atomic E-state index is 0.140. The van der Waals surface area contributed by atoms with Gasteiger partial charge in [-0.2, -0.15) is 0 Å². The van der Waals surface area contributed by atoms with E-state index < -0.39 is 0 Å². The number of rotatable bonds is 4. The van der Waals surface area contributed by atoms with Crippen molar-refractivity contribution < 1.29 is 9.53 Å². The number of aromatic nitrogens is 1. The molecule has 0 saturated heterocycles. The first kappa shape index (κ1) is 9.96. The van der Waals surface area contributed by atoms with Crippen molar-refractivity contribution in [1.29, 1.82) is 0 Å². The van der Waals surface area contributed by atoms with Crippen LogP contribution in [-0.2, 0) is 11.3 Å². The van der Waals surface area contributed by atoms with Crippen molar-refractivity contribution >= 4 is 5.91 Å². The molecule has 0 bridgehead atoms. The number of carbonyl (C=O) groups excluding carboxylic acids is 1. The number of nitrogens with zero attached hydrogens (tertiary/aromatic N) is 1. The Labute approximate surface area is 88.7 Å². The van der Waals surface area contributed by atoms with E-state index in [0.717, 1.165) is 18.4 Å². The first-order chi connectivity index (χ1) is 7.31. The summed E-state index contributed by atoms with van der Waals surface area (Å²) in [6.45, 7) is 0.492. The first-order valence-electron chi connectivity index (χ1n) is 5.07. The van der Waals surface area contributed by atoms with Crippen LogP contribution in [0.2, 0.25) is 0 Å². The number of carbonyl (C=O) groups is 1. The lowest BCUT2D eigenvalue weighted by molar-refractivity contribution is -0.122. The third kappa shape index (κ3) is 2.46. The van der Waals surface area contributed by atoms with Gasteiger partial charge >= 0.3 is 0 Å². The topological polar surface area (TPSA) is 51.2 Å². The third-order valence-corrected chi connectivity index (χ3v) is 2.44. The Hall–Kier alpha value is -1.58. The lowest BCUT2D eigenvalue weighted by atomic mass is 10.2. The maximum Gasteiger partial charge on any atom is 0.223 e. The van der Waals surface area contributed by atoms with Crippen LogP contribution in [0, 0.1) is 5.92 Å². The van der Waals surface area contributed by atoms with E-state index in [0.29, 0.717) is 12.4 Å². The zero-order valence-corrected chi connectivity index (χ0v) is 8.69. The molecule has 1 heterocycles. The fourth-order valence-corrected chi connectivity index (χ4v) is 1.41. The molecule has 0 spiro atoms. The molecule has 0 atom stereocenters.